The number of nitrogens with zero attached hydrogens (tertiary/aromatic N) is 1. The van der Waals surface area contributed by atoms with Crippen molar-refractivity contribution in [2.75, 3.05) is 13.1 Å². The Morgan fingerprint density at radius 1 is 1.10 bits per heavy atom. The summed E-state index contributed by atoms with van der Waals surface area (Å²) < 4.78 is 30.6. The van der Waals surface area contributed by atoms with Gasteiger partial charge in [-0.05, 0) is 12.8 Å². The van der Waals surface area contributed by atoms with Crippen molar-refractivity contribution < 1.29 is 13.0 Å². The average molecular weight is 165 g/mol. The van der Waals surface area contributed by atoms with E-state index in [-0.39, 0.29) is 0 Å². The predicted octanol–water partition coefficient (Wildman–Crippen LogP) is 0.275. The minimum absolute atomic E-state index is 0.471. The monoisotopic (exact) mass is 165 g/mol. The van der Waals surface area contributed by atoms with Crippen LogP contribution in [0.15, 0.2) is 0 Å². The second-order valence-corrected chi connectivity index (χ2v) is 3.85. The Balaban J connectivity index is 2.56. The largest absolute Gasteiger partial charge is 0.335 e. The molecule has 4 nitrogen and oxygen atoms in total. The van der Waals surface area contributed by atoms with Gasteiger partial charge in [0.2, 0.25) is 0 Å². The molecule has 1 saturated heterocycles. The third kappa shape index (κ3) is 1.93. The van der Waals surface area contributed by atoms with Crippen LogP contribution in [0.4, 0.5) is 0 Å². The van der Waals surface area contributed by atoms with Crippen molar-refractivity contribution in [3.05, 3.63) is 0 Å². The first-order chi connectivity index (χ1) is 4.61. The highest BCUT2D eigenvalue weighted by Crippen LogP contribution is 2.10. The fraction of sp³-hybridized carbons (Fsp3) is 1.00. The first-order valence-electron chi connectivity index (χ1n) is 3.33. The summed E-state index contributed by atoms with van der Waals surface area (Å²) in [6.07, 6.45) is 2.78. The van der Waals surface area contributed by atoms with E-state index in [0.29, 0.717) is 13.1 Å². The van der Waals surface area contributed by atoms with Crippen molar-refractivity contribution in [1.82, 2.24) is 4.31 Å². The van der Waals surface area contributed by atoms with E-state index in [1.807, 2.05) is 0 Å². The van der Waals surface area contributed by atoms with Gasteiger partial charge < -0.3 is 0 Å². The quantitative estimate of drug-likeness (QED) is 0.567. The molecule has 1 fully saturated rings. The summed E-state index contributed by atoms with van der Waals surface area (Å²) in [5.41, 5.74) is 0. The fourth-order valence-electron chi connectivity index (χ4n) is 1.10. The topological polar surface area (TPSA) is 57.6 Å². The zero-order valence-corrected chi connectivity index (χ0v) is 6.47. The molecule has 60 valence electrons. The molecular weight excluding hydrogens is 154 g/mol. The fourth-order valence-corrected chi connectivity index (χ4v) is 1.82. The number of hydrogen-bond acceptors (Lipinski definition) is 2. The van der Waals surface area contributed by atoms with E-state index in [1.165, 1.54) is 0 Å². The molecule has 1 rings (SSSR count). The van der Waals surface area contributed by atoms with Gasteiger partial charge in [-0.15, -0.1) is 0 Å². The molecule has 0 bridgehead atoms. The van der Waals surface area contributed by atoms with Crippen LogP contribution >= 0.6 is 0 Å². The minimum atomic E-state index is -3.89. The molecule has 0 aliphatic carbocycles. The number of rotatable bonds is 1. The summed E-state index contributed by atoms with van der Waals surface area (Å²) in [5.74, 6) is 0. The van der Waals surface area contributed by atoms with Crippen molar-refractivity contribution >= 4 is 10.3 Å². The summed E-state index contributed by atoms with van der Waals surface area (Å²) in [7, 11) is -3.89. The SMILES string of the molecule is O=S(=O)(O)N1CCCCC1. The summed E-state index contributed by atoms with van der Waals surface area (Å²) in [6, 6.07) is 0. The second kappa shape index (κ2) is 2.86. The van der Waals surface area contributed by atoms with Gasteiger partial charge in [-0.25, -0.2) is 0 Å². The van der Waals surface area contributed by atoms with Gasteiger partial charge in [-0.1, -0.05) is 6.42 Å². The van der Waals surface area contributed by atoms with Crippen LogP contribution in [0.2, 0.25) is 0 Å². The molecule has 0 aromatic carbocycles. The number of hydrogen-bond donors (Lipinski definition) is 1. The standard InChI is InChI=1S/C5H11NO3S/c7-10(8,9)6-4-2-1-3-5-6/h1-5H2,(H,7,8,9). The lowest BCUT2D eigenvalue weighted by atomic mass is 10.2. The van der Waals surface area contributed by atoms with Gasteiger partial charge in [-0.2, -0.15) is 12.7 Å². The van der Waals surface area contributed by atoms with Crippen molar-refractivity contribution in [1.29, 1.82) is 0 Å². The molecule has 0 aromatic heterocycles. The first kappa shape index (κ1) is 7.97. The minimum Gasteiger partial charge on any atom is -0.273 e. The van der Waals surface area contributed by atoms with Crippen LogP contribution in [0.1, 0.15) is 19.3 Å². The van der Waals surface area contributed by atoms with Gasteiger partial charge in [-0.3, -0.25) is 4.55 Å². The van der Waals surface area contributed by atoms with Gasteiger partial charge in [0.15, 0.2) is 0 Å². The maximum absolute atomic E-state index is 10.5. The molecule has 0 atom stereocenters. The maximum Gasteiger partial charge on any atom is 0.335 e. The van der Waals surface area contributed by atoms with Gasteiger partial charge in [0.05, 0.1) is 0 Å². The molecule has 5 heteroatoms. The molecule has 0 amide bonds. The van der Waals surface area contributed by atoms with E-state index in [9.17, 15) is 8.42 Å². The van der Waals surface area contributed by atoms with E-state index in [0.717, 1.165) is 23.6 Å². The lowest BCUT2D eigenvalue weighted by Gasteiger charge is -2.22. The molecule has 0 saturated carbocycles. The van der Waals surface area contributed by atoms with Gasteiger partial charge in [0.1, 0.15) is 0 Å². The molecule has 0 spiro atoms. The van der Waals surface area contributed by atoms with Crippen LogP contribution < -0.4 is 0 Å². The van der Waals surface area contributed by atoms with E-state index in [2.05, 4.69) is 0 Å². The Bertz CT molecular complexity index is 193. The average Bonchev–Trinajstić information content (AvgIpc) is 1.88. The third-order valence-electron chi connectivity index (χ3n) is 1.64. The summed E-state index contributed by atoms with van der Waals surface area (Å²) in [5, 5.41) is 0. The summed E-state index contributed by atoms with van der Waals surface area (Å²) in [6.45, 7) is 0.942. The van der Waals surface area contributed by atoms with Crippen molar-refractivity contribution in [2.45, 2.75) is 19.3 Å². The summed E-state index contributed by atoms with van der Waals surface area (Å²) >= 11 is 0. The number of piperidine rings is 1. The van der Waals surface area contributed by atoms with Crippen molar-refractivity contribution in [3.63, 3.8) is 0 Å². The molecule has 1 aliphatic rings. The van der Waals surface area contributed by atoms with Gasteiger partial charge in [0.25, 0.3) is 0 Å². The zero-order chi connectivity index (χ0) is 7.61. The highest BCUT2D eigenvalue weighted by molar-refractivity contribution is 7.83. The molecule has 1 N–H and O–H groups in total. The highest BCUT2D eigenvalue weighted by Gasteiger charge is 2.20. The van der Waals surface area contributed by atoms with Crippen LogP contribution in [0.3, 0.4) is 0 Å². The Kier molecular flexibility index (Phi) is 2.28. The van der Waals surface area contributed by atoms with Gasteiger partial charge in [0, 0.05) is 13.1 Å². The Hall–Kier alpha value is -0.130. The maximum atomic E-state index is 10.5. The second-order valence-electron chi connectivity index (χ2n) is 2.44. The Labute approximate surface area is 60.7 Å². The Morgan fingerprint density at radius 3 is 1.90 bits per heavy atom. The zero-order valence-electron chi connectivity index (χ0n) is 5.65. The lowest BCUT2D eigenvalue weighted by Crippen LogP contribution is -2.34. The van der Waals surface area contributed by atoms with Crippen LogP contribution in [-0.2, 0) is 10.3 Å². The van der Waals surface area contributed by atoms with Crippen LogP contribution in [0, 0.1) is 0 Å². The van der Waals surface area contributed by atoms with Gasteiger partial charge >= 0.3 is 10.3 Å². The Morgan fingerprint density at radius 2 is 1.60 bits per heavy atom. The van der Waals surface area contributed by atoms with E-state index in [4.69, 9.17) is 4.55 Å². The normalized spacial score (nSPS) is 22.9. The van der Waals surface area contributed by atoms with E-state index in [1.54, 1.807) is 0 Å². The van der Waals surface area contributed by atoms with Crippen molar-refractivity contribution in [2.24, 2.45) is 0 Å². The molecule has 0 unspecified atom stereocenters. The van der Waals surface area contributed by atoms with Crippen LogP contribution in [0.25, 0.3) is 0 Å². The summed E-state index contributed by atoms with van der Waals surface area (Å²) in [4.78, 5) is 0. The highest BCUT2D eigenvalue weighted by atomic mass is 32.2. The predicted molar refractivity (Wildman–Crippen MR) is 37.0 cm³/mol. The van der Waals surface area contributed by atoms with E-state index >= 15 is 0 Å². The van der Waals surface area contributed by atoms with E-state index < -0.39 is 10.3 Å². The molecule has 0 radical (unpaired) electrons. The molecule has 10 heavy (non-hydrogen) atoms. The third-order valence-corrected chi connectivity index (χ3v) is 2.66. The first-order valence-corrected chi connectivity index (χ1v) is 4.73. The molecule has 1 heterocycles. The lowest BCUT2D eigenvalue weighted by molar-refractivity contribution is 0.308. The smallest absolute Gasteiger partial charge is 0.273 e. The van der Waals surface area contributed by atoms with Crippen LogP contribution in [0.5, 0.6) is 0 Å². The molecule has 1 aliphatic heterocycles. The molecular formula is C5H11NO3S. The van der Waals surface area contributed by atoms with Crippen molar-refractivity contribution in [3.8, 4) is 0 Å². The van der Waals surface area contributed by atoms with Crippen LogP contribution in [-0.4, -0.2) is 30.4 Å². The molecule has 0 aromatic rings.